The summed E-state index contributed by atoms with van der Waals surface area (Å²) in [6, 6.07) is 8.46. The number of ether oxygens (including phenoxy) is 1. The zero-order valence-corrected chi connectivity index (χ0v) is 10.9. The number of benzene rings is 1. The van der Waals surface area contributed by atoms with Crippen molar-refractivity contribution in [1.29, 1.82) is 0 Å². The molecule has 0 bridgehead atoms. The van der Waals surface area contributed by atoms with E-state index in [1.165, 1.54) is 5.56 Å². The van der Waals surface area contributed by atoms with Crippen LogP contribution in [0.25, 0.3) is 0 Å². The van der Waals surface area contributed by atoms with Crippen molar-refractivity contribution in [3.8, 4) is 0 Å². The van der Waals surface area contributed by atoms with E-state index in [0.717, 1.165) is 30.5 Å². The summed E-state index contributed by atoms with van der Waals surface area (Å²) in [7, 11) is 0. The lowest BCUT2D eigenvalue weighted by atomic mass is 9.76. The van der Waals surface area contributed by atoms with E-state index in [-0.39, 0.29) is 5.41 Å². The Labute approximate surface area is 104 Å². The molecule has 0 N–H and O–H groups in total. The number of hydrogen-bond donors (Lipinski definition) is 0. The summed E-state index contributed by atoms with van der Waals surface area (Å²) in [4.78, 5) is 0. The largest absolute Gasteiger partial charge is 0.381 e. The van der Waals surface area contributed by atoms with Crippen molar-refractivity contribution in [3.63, 3.8) is 0 Å². The molecule has 2 rings (SSSR count). The average molecular weight is 290 g/mol. The molecule has 1 aromatic rings. The third-order valence-corrected chi connectivity index (χ3v) is 4.15. The molecular formula is C12H14BrClO. The molecule has 0 saturated carbocycles. The summed E-state index contributed by atoms with van der Waals surface area (Å²) in [5, 5.41) is 0. The van der Waals surface area contributed by atoms with Gasteiger partial charge in [0.25, 0.3) is 0 Å². The normalized spacial score (nSPS) is 20.1. The quantitative estimate of drug-likeness (QED) is 0.754. The molecule has 0 amide bonds. The third kappa shape index (κ3) is 2.38. The van der Waals surface area contributed by atoms with Crippen molar-refractivity contribution in [2.24, 2.45) is 0 Å². The minimum atomic E-state index is 0.115. The van der Waals surface area contributed by atoms with Gasteiger partial charge in [0, 0.05) is 29.0 Å². The molecule has 0 aliphatic carbocycles. The molecule has 0 unspecified atom stereocenters. The fourth-order valence-corrected chi connectivity index (χ4v) is 2.90. The first-order chi connectivity index (χ1) is 7.27. The molecule has 15 heavy (non-hydrogen) atoms. The first-order valence-corrected chi connectivity index (χ1v) is 6.49. The molecule has 1 fully saturated rings. The van der Waals surface area contributed by atoms with E-state index >= 15 is 0 Å². The molecule has 82 valence electrons. The lowest BCUT2D eigenvalue weighted by Crippen LogP contribution is -2.35. The third-order valence-electron chi connectivity index (χ3n) is 3.14. The van der Waals surface area contributed by atoms with E-state index in [1.54, 1.807) is 0 Å². The van der Waals surface area contributed by atoms with Crippen LogP contribution in [0.1, 0.15) is 18.4 Å². The predicted octanol–water partition coefficient (Wildman–Crippen LogP) is 3.74. The zero-order chi connectivity index (χ0) is 10.7. The molecule has 0 radical (unpaired) electrons. The second kappa shape index (κ2) is 4.86. The molecule has 1 nitrogen and oxygen atoms in total. The zero-order valence-electron chi connectivity index (χ0n) is 8.51. The van der Waals surface area contributed by atoms with Crippen LogP contribution < -0.4 is 0 Å². The Kier molecular flexibility index (Phi) is 3.70. The SMILES string of the molecule is ClCC1(c2cccc(Br)c2)CCOCC1. The topological polar surface area (TPSA) is 9.23 Å². The lowest BCUT2D eigenvalue weighted by Gasteiger charge is -2.36. The van der Waals surface area contributed by atoms with E-state index in [2.05, 4.69) is 34.1 Å². The highest BCUT2D eigenvalue weighted by Gasteiger charge is 2.33. The minimum Gasteiger partial charge on any atom is -0.381 e. The molecule has 1 aliphatic heterocycles. The molecule has 1 heterocycles. The van der Waals surface area contributed by atoms with Crippen LogP contribution in [0.3, 0.4) is 0 Å². The summed E-state index contributed by atoms with van der Waals surface area (Å²) >= 11 is 9.66. The molecule has 0 aromatic heterocycles. The van der Waals surface area contributed by atoms with Crippen LogP contribution in [0.5, 0.6) is 0 Å². The summed E-state index contributed by atoms with van der Waals surface area (Å²) in [6.45, 7) is 1.64. The van der Waals surface area contributed by atoms with E-state index < -0.39 is 0 Å². The van der Waals surface area contributed by atoms with Crippen molar-refractivity contribution < 1.29 is 4.74 Å². The molecule has 1 aliphatic rings. The molecule has 3 heteroatoms. The van der Waals surface area contributed by atoms with Gasteiger partial charge < -0.3 is 4.74 Å². The fourth-order valence-electron chi connectivity index (χ4n) is 2.08. The van der Waals surface area contributed by atoms with E-state index in [0.29, 0.717) is 5.88 Å². The number of halogens is 2. The van der Waals surface area contributed by atoms with E-state index in [4.69, 9.17) is 16.3 Å². The average Bonchev–Trinajstić information content (AvgIpc) is 2.30. The second-order valence-corrected chi connectivity index (χ2v) is 5.22. The van der Waals surface area contributed by atoms with Crippen LogP contribution in [-0.4, -0.2) is 19.1 Å². The number of rotatable bonds is 2. The van der Waals surface area contributed by atoms with Gasteiger partial charge in [0.15, 0.2) is 0 Å². The predicted molar refractivity (Wildman–Crippen MR) is 66.6 cm³/mol. The van der Waals surface area contributed by atoms with Crippen LogP contribution >= 0.6 is 27.5 Å². The van der Waals surface area contributed by atoms with Gasteiger partial charge in [-0.05, 0) is 30.5 Å². The summed E-state index contributed by atoms with van der Waals surface area (Å²) in [5.41, 5.74) is 1.44. The van der Waals surface area contributed by atoms with Crippen molar-refractivity contribution in [3.05, 3.63) is 34.3 Å². The Balaban J connectivity index is 2.32. The summed E-state index contributed by atoms with van der Waals surface area (Å²) < 4.78 is 6.53. The Morgan fingerprint density at radius 2 is 2.07 bits per heavy atom. The van der Waals surface area contributed by atoms with Crippen molar-refractivity contribution in [2.75, 3.05) is 19.1 Å². The van der Waals surface area contributed by atoms with E-state index in [1.807, 2.05) is 6.07 Å². The maximum Gasteiger partial charge on any atom is 0.0474 e. The monoisotopic (exact) mass is 288 g/mol. The molecule has 1 aromatic carbocycles. The Hall–Kier alpha value is -0.0500. The maximum absolute atomic E-state index is 6.15. The number of hydrogen-bond acceptors (Lipinski definition) is 1. The first kappa shape index (κ1) is 11.4. The Morgan fingerprint density at radius 3 is 2.67 bits per heavy atom. The first-order valence-electron chi connectivity index (χ1n) is 5.17. The highest BCUT2D eigenvalue weighted by Crippen LogP contribution is 2.36. The van der Waals surface area contributed by atoms with Gasteiger partial charge in [0.2, 0.25) is 0 Å². The summed E-state index contributed by atoms with van der Waals surface area (Å²) in [6.07, 6.45) is 2.04. The van der Waals surface area contributed by atoms with Gasteiger partial charge in [0.05, 0.1) is 0 Å². The highest BCUT2D eigenvalue weighted by molar-refractivity contribution is 9.10. The van der Waals surface area contributed by atoms with Crippen LogP contribution in [-0.2, 0) is 10.2 Å². The number of alkyl halides is 1. The second-order valence-electron chi connectivity index (χ2n) is 4.04. The molecular weight excluding hydrogens is 275 g/mol. The molecule has 0 atom stereocenters. The van der Waals surface area contributed by atoms with Gasteiger partial charge in [0.1, 0.15) is 0 Å². The smallest absolute Gasteiger partial charge is 0.0474 e. The van der Waals surface area contributed by atoms with Gasteiger partial charge in [-0.25, -0.2) is 0 Å². The standard InChI is InChI=1S/C12H14BrClO/c13-11-3-1-2-10(8-11)12(9-14)4-6-15-7-5-12/h1-3,8H,4-7,9H2. The van der Waals surface area contributed by atoms with Gasteiger partial charge in [-0.2, -0.15) is 0 Å². The van der Waals surface area contributed by atoms with Crippen molar-refractivity contribution in [2.45, 2.75) is 18.3 Å². The van der Waals surface area contributed by atoms with Crippen LogP contribution in [0, 0.1) is 0 Å². The van der Waals surface area contributed by atoms with Crippen LogP contribution in [0.4, 0.5) is 0 Å². The van der Waals surface area contributed by atoms with Gasteiger partial charge >= 0.3 is 0 Å². The fraction of sp³-hybridized carbons (Fsp3) is 0.500. The lowest BCUT2D eigenvalue weighted by molar-refractivity contribution is 0.0575. The minimum absolute atomic E-state index is 0.115. The van der Waals surface area contributed by atoms with Crippen LogP contribution in [0.15, 0.2) is 28.7 Å². The van der Waals surface area contributed by atoms with Crippen LogP contribution in [0.2, 0.25) is 0 Å². The van der Waals surface area contributed by atoms with Crippen molar-refractivity contribution in [1.82, 2.24) is 0 Å². The molecule has 1 saturated heterocycles. The Bertz CT molecular complexity index is 334. The maximum atomic E-state index is 6.15. The van der Waals surface area contributed by atoms with Crippen molar-refractivity contribution >= 4 is 27.5 Å². The van der Waals surface area contributed by atoms with Gasteiger partial charge in [-0.1, -0.05) is 28.1 Å². The van der Waals surface area contributed by atoms with Gasteiger partial charge in [-0.15, -0.1) is 11.6 Å². The Morgan fingerprint density at radius 1 is 1.33 bits per heavy atom. The molecule has 0 spiro atoms. The van der Waals surface area contributed by atoms with E-state index in [9.17, 15) is 0 Å². The summed E-state index contributed by atoms with van der Waals surface area (Å²) in [5.74, 6) is 0.673. The van der Waals surface area contributed by atoms with Gasteiger partial charge in [-0.3, -0.25) is 0 Å². The highest BCUT2D eigenvalue weighted by atomic mass is 79.9.